The SMILES string of the molecule is CCNC(=NCCS(=O)C(C)(C)C)NC1CCCN(c2ccccc2Cl)C1. The van der Waals surface area contributed by atoms with Crippen LogP contribution in [0.2, 0.25) is 5.02 Å². The Morgan fingerprint density at radius 1 is 1.37 bits per heavy atom. The molecule has 1 saturated heterocycles. The first-order valence-corrected chi connectivity index (χ1v) is 11.4. The highest BCUT2D eigenvalue weighted by Crippen LogP contribution is 2.27. The fraction of sp³-hybridized carbons (Fsp3) is 0.650. The second-order valence-electron chi connectivity index (χ2n) is 7.80. The van der Waals surface area contributed by atoms with Gasteiger partial charge in [0.15, 0.2) is 5.96 Å². The molecule has 0 saturated carbocycles. The zero-order valence-corrected chi connectivity index (χ0v) is 18.5. The van der Waals surface area contributed by atoms with Crippen molar-refractivity contribution in [2.24, 2.45) is 4.99 Å². The lowest BCUT2D eigenvalue weighted by Crippen LogP contribution is -2.51. The maximum atomic E-state index is 12.2. The summed E-state index contributed by atoms with van der Waals surface area (Å²) in [4.78, 5) is 6.97. The van der Waals surface area contributed by atoms with Crippen molar-refractivity contribution >= 4 is 34.0 Å². The minimum absolute atomic E-state index is 0.194. The Morgan fingerprint density at radius 3 is 2.78 bits per heavy atom. The predicted molar refractivity (Wildman–Crippen MR) is 119 cm³/mol. The summed E-state index contributed by atoms with van der Waals surface area (Å²) in [5.74, 6) is 1.38. The monoisotopic (exact) mass is 412 g/mol. The number of benzene rings is 1. The van der Waals surface area contributed by atoms with E-state index in [0.717, 1.165) is 49.1 Å². The van der Waals surface area contributed by atoms with Gasteiger partial charge in [-0.2, -0.15) is 0 Å². The number of aliphatic imine (C=N–C) groups is 1. The summed E-state index contributed by atoms with van der Waals surface area (Å²) in [6.07, 6.45) is 2.20. The summed E-state index contributed by atoms with van der Waals surface area (Å²) in [6, 6.07) is 8.31. The number of rotatable bonds is 6. The van der Waals surface area contributed by atoms with Crippen LogP contribution in [0.25, 0.3) is 0 Å². The molecular weight excluding hydrogens is 380 g/mol. The van der Waals surface area contributed by atoms with Crippen LogP contribution in [0.5, 0.6) is 0 Å². The summed E-state index contributed by atoms with van der Waals surface area (Å²) in [6.45, 7) is 11.3. The first-order valence-electron chi connectivity index (χ1n) is 9.74. The Balaban J connectivity index is 1.95. The van der Waals surface area contributed by atoms with E-state index in [1.165, 1.54) is 0 Å². The Morgan fingerprint density at radius 2 is 2.11 bits per heavy atom. The minimum atomic E-state index is -0.883. The van der Waals surface area contributed by atoms with Gasteiger partial charge in [-0.1, -0.05) is 23.7 Å². The van der Waals surface area contributed by atoms with Gasteiger partial charge in [0, 0.05) is 47.0 Å². The van der Waals surface area contributed by atoms with Gasteiger partial charge >= 0.3 is 0 Å². The molecule has 0 aromatic heterocycles. The Hall–Kier alpha value is -1.27. The maximum absolute atomic E-state index is 12.2. The van der Waals surface area contributed by atoms with Crippen molar-refractivity contribution in [2.45, 2.75) is 51.3 Å². The highest BCUT2D eigenvalue weighted by Gasteiger charge is 2.22. The van der Waals surface area contributed by atoms with Crippen molar-refractivity contribution in [1.29, 1.82) is 0 Å². The summed E-state index contributed by atoms with van der Waals surface area (Å²) in [5.41, 5.74) is 1.09. The molecule has 1 aromatic rings. The number of nitrogens with one attached hydrogen (secondary N) is 2. The quantitative estimate of drug-likeness (QED) is 0.555. The van der Waals surface area contributed by atoms with Crippen LogP contribution in [0.1, 0.15) is 40.5 Å². The molecule has 0 amide bonds. The van der Waals surface area contributed by atoms with Crippen molar-refractivity contribution in [1.82, 2.24) is 10.6 Å². The van der Waals surface area contributed by atoms with Gasteiger partial charge in [0.05, 0.1) is 17.3 Å². The Kier molecular flexibility index (Phi) is 8.42. The molecule has 1 aliphatic rings. The molecule has 0 aliphatic carbocycles. The van der Waals surface area contributed by atoms with Gasteiger partial charge in [-0.3, -0.25) is 9.20 Å². The zero-order valence-electron chi connectivity index (χ0n) is 16.9. The van der Waals surface area contributed by atoms with Gasteiger partial charge in [0.2, 0.25) is 0 Å². The van der Waals surface area contributed by atoms with Crippen LogP contribution in [0.4, 0.5) is 5.69 Å². The van der Waals surface area contributed by atoms with E-state index < -0.39 is 10.8 Å². The molecule has 27 heavy (non-hydrogen) atoms. The van der Waals surface area contributed by atoms with Gasteiger partial charge in [-0.15, -0.1) is 0 Å². The highest BCUT2D eigenvalue weighted by atomic mass is 35.5. The van der Waals surface area contributed by atoms with Crippen molar-refractivity contribution in [3.63, 3.8) is 0 Å². The van der Waals surface area contributed by atoms with Crippen LogP contribution in [0, 0.1) is 0 Å². The third-order valence-corrected chi connectivity index (χ3v) is 6.77. The molecule has 5 nitrogen and oxygen atoms in total. The van der Waals surface area contributed by atoms with E-state index in [9.17, 15) is 4.21 Å². The largest absolute Gasteiger partial charge is 0.368 e. The maximum Gasteiger partial charge on any atom is 0.191 e. The highest BCUT2D eigenvalue weighted by molar-refractivity contribution is 7.86. The van der Waals surface area contributed by atoms with Crippen LogP contribution in [-0.2, 0) is 10.8 Å². The second kappa shape index (κ2) is 10.3. The van der Waals surface area contributed by atoms with Gasteiger partial charge < -0.3 is 15.5 Å². The predicted octanol–water partition coefficient (Wildman–Crippen LogP) is 3.41. The molecule has 7 heteroatoms. The summed E-state index contributed by atoms with van der Waals surface area (Å²) in [5, 5.41) is 7.64. The molecule has 1 aromatic carbocycles. The normalized spacial score (nSPS) is 19.7. The molecule has 1 heterocycles. The van der Waals surface area contributed by atoms with E-state index in [4.69, 9.17) is 11.6 Å². The lowest BCUT2D eigenvalue weighted by atomic mass is 10.0. The molecule has 0 bridgehead atoms. The van der Waals surface area contributed by atoms with Crippen LogP contribution < -0.4 is 15.5 Å². The van der Waals surface area contributed by atoms with E-state index >= 15 is 0 Å². The molecule has 2 rings (SSSR count). The lowest BCUT2D eigenvalue weighted by Gasteiger charge is -2.35. The lowest BCUT2D eigenvalue weighted by molar-refractivity contribution is 0.468. The van der Waals surface area contributed by atoms with Crippen molar-refractivity contribution in [3.05, 3.63) is 29.3 Å². The number of halogens is 1. The van der Waals surface area contributed by atoms with Crippen molar-refractivity contribution in [3.8, 4) is 0 Å². The molecule has 2 N–H and O–H groups in total. The fourth-order valence-corrected chi connectivity index (χ4v) is 4.21. The van der Waals surface area contributed by atoms with Crippen molar-refractivity contribution < 1.29 is 4.21 Å². The summed E-state index contributed by atoms with van der Waals surface area (Å²) in [7, 11) is -0.883. The standard InChI is InChI=1S/C20H33ClN4OS/c1-5-22-19(23-12-14-27(26)20(2,3)4)24-16-9-8-13-25(15-16)18-11-7-6-10-17(18)21/h6-7,10-11,16H,5,8-9,12-15H2,1-4H3,(H2,22,23,24). The van der Waals surface area contributed by atoms with E-state index in [-0.39, 0.29) is 4.75 Å². The second-order valence-corrected chi connectivity index (χ2v) is 10.5. The van der Waals surface area contributed by atoms with E-state index in [2.05, 4.69) is 33.5 Å². The zero-order chi connectivity index (χ0) is 19.9. The number of guanidine groups is 1. The van der Waals surface area contributed by atoms with Gasteiger partial charge in [0.1, 0.15) is 0 Å². The number of piperidine rings is 1. The number of hydrogen-bond acceptors (Lipinski definition) is 3. The van der Waals surface area contributed by atoms with E-state index in [1.807, 2.05) is 39.0 Å². The van der Waals surface area contributed by atoms with Crippen LogP contribution in [0.15, 0.2) is 29.3 Å². The first kappa shape index (κ1) is 22.0. The smallest absolute Gasteiger partial charge is 0.191 e. The van der Waals surface area contributed by atoms with Crippen LogP contribution >= 0.6 is 11.6 Å². The third-order valence-electron chi connectivity index (χ3n) is 4.53. The Bertz CT molecular complexity index is 660. The number of nitrogens with zero attached hydrogens (tertiary/aromatic N) is 2. The summed E-state index contributed by atoms with van der Waals surface area (Å²) < 4.78 is 12.0. The molecular formula is C20H33ClN4OS. The van der Waals surface area contributed by atoms with Gasteiger partial charge in [0.25, 0.3) is 0 Å². The van der Waals surface area contributed by atoms with Crippen LogP contribution in [0.3, 0.4) is 0 Å². The van der Waals surface area contributed by atoms with E-state index in [0.29, 0.717) is 18.3 Å². The average molecular weight is 413 g/mol. The fourth-order valence-electron chi connectivity index (χ4n) is 3.08. The van der Waals surface area contributed by atoms with Gasteiger partial charge in [-0.05, 0) is 52.7 Å². The number of para-hydroxylation sites is 1. The molecule has 1 aliphatic heterocycles. The van der Waals surface area contributed by atoms with Crippen LogP contribution in [-0.4, -0.2) is 52.9 Å². The molecule has 0 spiro atoms. The molecule has 152 valence electrons. The van der Waals surface area contributed by atoms with Gasteiger partial charge in [-0.25, -0.2) is 0 Å². The molecule has 2 unspecified atom stereocenters. The van der Waals surface area contributed by atoms with Crippen molar-refractivity contribution in [2.75, 3.05) is 36.8 Å². The first-order chi connectivity index (χ1) is 12.8. The topological polar surface area (TPSA) is 56.7 Å². The molecule has 0 radical (unpaired) electrons. The van der Waals surface area contributed by atoms with E-state index in [1.54, 1.807) is 0 Å². The number of anilines is 1. The summed E-state index contributed by atoms with van der Waals surface area (Å²) >= 11 is 6.37. The Labute approximate surface area is 171 Å². The average Bonchev–Trinajstić information content (AvgIpc) is 2.61. The molecule has 2 atom stereocenters. The number of hydrogen-bond donors (Lipinski definition) is 2. The minimum Gasteiger partial charge on any atom is -0.368 e. The molecule has 1 fully saturated rings. The third kappa shape index (κ3) is 7.00.